The largest absolute Gasteiger partial charge is 0.381 e. The minimum absolute atomic E-state index is 0.0111. The zero-order valence-corrected chi connectivity index (χ0v) is 17.6. The molecule has 2 aliphatic rings. The lowest BCUT2D eigenvalue weighted by Crippen LogP contribution is -2.47. The van der Waals surface area contributed by atoms with Gasteiger partial charge in [0.15, 0.2) is 0 Å². The number of fused-ring (bicyclic) bond motifs is 1. The number of nitrogens with one attached hydrogen (secondary N) is 1. The van der Waals surface area contributed by atoms with Gasteiger partial charge < -0.3 is 20.4 Å². The maximum absolute atomic E-state index is 13.3. The second kappa shape index (κ2) is 8.81. The number of aryl methyl sites for hydroxylation is 1. The van der Waals surface area contributed by atoms with E-state index in [1.165, 1.54) is 5.56 Å². The molecule has 3 heterocycles. The standard InChI is InChI=1S/C22H33N5O2/c1-15-3-6-19-20(11-15)25-21(24-19)14-26(2)22(28)16-4-5-17(23)13-27(12-16)18-7-9-29-10-8-18/h3,6,11,16-18H,4-5,7-10,12-14,23H2,1-2H3,(H,24,25)/t16-,17+/m1/s1. The lowest BCUT2D eigenvalue weighted by atomic mass is 10.00. The summed E-state index contributed by atoms with van der Waals surface area (Å²) in [5.74, 6) is 1.00. The fourth-order valence-electron chi connectivity index (χ4n) is 4.67. The molecule has 2 aliphatic heterocycles. The van der Waals surface area contributed by atoms with Gasteiger partial charge in [-0.2, -0.15) is 0 Å². The fourth-order valence-corrected chi connectivity index (χ4v) is 4.67. The van der Waals surface area contributed by atoms with E-state index in [0.29, 0.717) is 12.6 Å². The van der Waals surface area contributed by atoms with Crippen LogP contribution in [0.1, 0.15) is 37.1 Å². The molecule has 158 valence electrons. The maximum atomic E-state index is 13.3. The number of amides is 1. The van der Waals surface area contributed by atoms with E-state index in [9.17, 15) is 4.79 Å². The van der Waals surface area contributed by atoms with E-state index in [4.69, 9.17) is 10.5 Å². The van der Waals surface area contributed by atoms with Gasteiger partial charge in [-0.15, -0.1) is 0 Å². The average molecular weight is 400 g/mol. The molecule has 0 unspecified atom stereocenters. The highest BCUT2D eigenvalue weighted by atomic mass is 16.5. The Morgan fingerprint density at radius 3 is 2.86 bits per heavy atom. The molecule has 0 bridgehead atoms. The smallest absolute Gasteiger partial charge is 0.227 e. The third kappa shape index (κ3) is 4.79. The van der Waals surface area contributed by atoms with Crippen molar-refractivity contribution in [2.45, 2.75) is 51.2 Å². The number of ether oxygens (including phenoxy) is 1. The van der Waals surface area contributed by atoms with Gasteiger partial charge in [0, 0.05) is 45.4 Å². The molecule has 1 aromatic heterocycles. The molecule has 1 aromatic carbocycles. The van der Waals surface area contributed by atoms with Crippen LogP contribution < -0.4 is 5.73 Å². The van der Waals surface area contributed by atoms with Crippen LogP contribution in [0.2, 0.25) is 0 Å². The maximum Gasteiger partial charge on any atom is 0.227 e. The van der Waals surface area contributed by atoms with Gasteiger partial charge in [0.1, 0.15) is 5.82 Å². The lowest BCUT2D eigenvalue weighted by Gasteiger charge is -2.36. The fraction of sp³-hybridized carbons (Fsp3) is 0.636. The van der Waals surface area contributed by atoms with Crippen LogP contribution in [0.4, 0.5) is 0 Å². The summed E-state index contributed by atoms with van der Waals surface area (Å²) >= 11 is 0. The summed E-state index contributed by atoms with van der Waals surface area (Å²) in [5, 5.41) is 0. The van der Waals surface area contributed by atoms with Crippen molar-refractivity contribution in [3.63, 3.8) is 0 Å². The van der Waals surface area contributed by atoms with Crippen LogP contribution in [0.3, 0.4) is 0 Å². The first-order valence-electron chi connectivity index (χ1n) is 10.8. The van der Waals surface area contributed by atoms with E-state index >= 15 is 0 Å². The SMILES string of the molecule is Cc1ccc2nc(CN(C)C(=O)[C@@H]3CC[C@H](N)CN(C4CCOCC4)C3)[nH]c2c1. The number of likely N-dealkylation sites (tertiary alicyclic amines) is 1. The molecule has 0 radical (unpaired) electrons. The number of rotatable bonds is 4. The normalized spacial score (nSPS) is 24.5. The number of aromatic nitrogens is 2. The number of imidazole rings is 1. The second-order valence-corrected chi connectivity index (χ2v) is 8.73. The molecule has 2 atom stereocenters. The topological polar surface area (TPSA) is 87.5 Å². The molecular weight excluding hydrogens is 366 g/mol. The molecule has 2 fully saturated rings. The summed E-state index contributed by atoms with van der Waals surface area (Å²) in [6, 6.07) is 6.78. The Labute approximate surface area is 172 Å². The van der Waals surface area contributed by atoms with Crippen LogP contribution in [0.25, 0.3) is 11.0 Å². The highest BCUT2D eigenvalue weighted by Crippen LogP contribution is 2.24. The van der Waals surface area contributed by atoms with Crippen molar-refractivity contribution in [2.75, 3.05) is 33.4 Å². The molecule has 1 amide bonds. The van der Waals surface area contributed by atoms with E-state index in [1.54, 1.807) is 0 Å². The number of nitrogens with zero attached hydrogens (tertiary/aromatic N) is 3. The minimum atomic E-state index is -0.0111. The van der Waals surface area contributed by atoms with E-state index in [1.807, 2.05) is 18.0 Å². The Hall–Kier alpha value is -1.96. The van der Waals surface area contributed by atoms with Crippen molar-refractivity contribution in [1.82, 2.24) is 19.8 Å². The molecule has 7 heteroatoms. The first-order chi connectivity index (χ1) is 14.0. The number of nitrogens with two attached hydrogens (primary N) is 1. The van der Waals surface area contributed by atoms with Gasteiger partial charge in [-0.25, -0.2) is 4.98 Å². The zero-order chi connectivity index (χ0) is 20.4. The van der Waals surface area contributed by atoms with E-state index in [2.05, 4.69) is 33.9 Å². The molecule has 0 aliphatic carbocycles. The van der Waals surface area contributed by atoms with E-state index in [0.717, 1.165) is 68.8 Å². The Bertz CT molecular complexity index is 845. The van der Waals surface area contributed by atoms with Crippen LogP contribution in [0, 0.1) is 12.8 Å². The Balaban J connectivity index is 1.43. The first-order valence-corrected chi connectivity index (χ1v) is 10.8. The quantitative estimate of drug-likeness (QED) is 0.822. The van der Waals surface area contributed by atoms with Crippen LogP contribution in [0.5, 0.6) is 0 Å². The summed E-state index contributed by atoms with van der Waals surface area (Å²) in [4.78, 5) is 25.5. The van der Waals surface area contributed by atoms with Crippen molar-refractivity contribution in [3.05, 3.63) is 29.6 Å². The summed E-state index contributed by atoms with van der Waals surface area (Å²) in [6.07, 6.45) is 3.81. The first kappa shape index (κ1) is 20.3. The van der Waals surface area contributed by atoms with Crippen molar-refractivity contribution in [2.24, 2.45) is 11.7 Å². The van der Waals surface area contributed by atoms with Crippen molar-refractivity contribution < 1.29 is 9.53 Å². The predicted octanol–water partition coefficient (Wildman–Crippen LogP) is 2.05. The number of carbonyl (C=O) groups is 1. The highest BCUT2D eigenvalue weighted by molar-refractivity contribution is 5.79. The predicted molar refractivity (Wildman–Crippen MR) is 113 cm³/mol. The van der Waals surface area contributed by atoms with Crippen molar-refractivity contribution in [1.29, 1.82) is 0 Å². The Morgan fingerprint density at radius 2 is 2.07 bits per heavy atom. The van der Waals surface area contributed by atoms with Crippen LogP contribution in [-0.4, -0.2) is 71.1 Å². The van der Waals surface area contributed by atoms with E-state index in [-0.39, 0.29) is 17.9 Å². The minimum Gasteiger partial charge on any atom is -0.381 e. The zero-order valence-electron chi connectivity index (χ0n) is 17.6. The highest BCUT2D eigenvalue weighted by Gasteiger charge is 2.33. The molecule has 3 N–H and O–H groups in total. The van der Waals surface area contributed by atoms with Gasteiger partial charge in [0.05, 0.1) is 23.5 Å². The third-order valence-electron chi connectivity index (χ3n) is 6.32. The summed E-state index contributed by atoms with van der Waals surface area (Å²) < 4.78 is 5.52. The molecule has 4 rings (SSSR count). The monoisotopic (exact) mass is 399 g/mol. The number of aromatic amines is 1. The van der Waals surface area contributed by atoms with E-state index < -0.39 is 0 Å². The molecule has 2 aromatic rings. The molecule has 7 nitrogen and oxygen atoms in total. The number of benzene rings is 1. The van der Waals surface area contributed by atoms with Gasteiger partial charge in [0.25, 0.3) is 0 Å². The summed E-state index contributed by atoms with van der Waals surface area (Å²) in [7, 11) is 1.88. The molecule has 29 heavy (non-hydrogen) atoms. The van der Waals surface area contributed by atoms with Gasteiger partial charge in [-0.1, -0.05) is 6.07 Å². The Morgan fingerprint density at radius 1 is 1.28 bits per heavy atom. The Kier molecular flexibility index (Phi) is 6.18. The molecule has 2 saturated heterocycles. The number of hydrogen-bond donors (Lipinski definition) is 2. The molecule has 0 spiro atoms. The average Bonchev–Trinajstić information content (AvgIpc) is 3.00. The van der Waals surface area contributed by atoms with Gasteiger partial charge >= 0.3 is 0 Å². The van der Waals surface area contributed by atoms with Crippen LogP contribution in [0.15, 0.2) is 18.2 Å². The van der Waals surface area contributed by atoms with Gasteiger partial charge in [0.2, 0.25) is 5.91 Å². The molecular formula is C22H33N5O2. The number of H-pyrrole nitrogens is 1. The van der Waals surface area contributed by atoms with Gasteiger partial charge in [-0.05, 0) is 50.3 Å². The van der Waals surface area contributed by atoms with Crippen LogP contribution in [-0.2, 0) is 16.1 Å². The summed E-state index contributed by atoms with van der Waals surface area (Å²) in [6.45, 7) is 5.84. The number of carbonyl (C=O) groups excluding carboxylic acids is 1. The number of hydrogen-bond acceptors (Lipinski definition) is 5. The second-order valence-electron chi connectivity index (χ2n) is 8.73. The van der Waals surface area contributed by atoms with Crippen molar-refractivity contribution in [3.8, 4) is 0 Å². The van der Waals surface area contributed by atoms with Crippen LogP contribution >= 0.6 is 0 Å². The lowest BCUT2D eigenvalue weighted by molar-refractivity contribution is -0.135. The van der Waals surface area contributed by atoms with Gasteiger partial charge in [-0.3, -0.25) is 9.69 Å². The summed E-state index contributed by atoms with van der Waals surface area (Å²) in [5.41, 5.74) is 9.49. The van der Waals surface area contributed by atoms with Crippen molar-refractivity contribution >= 4 is 16.9 Å². The third-order valence-corrected chi connectivity index (χ3v) is 6.32. The molecule has 0 saturated carbocycles.